The van der Waals surface area contributed by atoms with Crippen LogP contribution < -0.4 is 5.32 Å². The maximum Gasteiger partial charge on any atom is 0.328 e. The Morgan fingerprint density at radius 2 is 2.09 bits per heavy atom. The topological polar surface area (TPSA) is 107 Å². The molecule has 2 aliphatic heterocycles. The van der Waals surface area contributed by atoms with Crippen LogP contribution in [0.3, 0.4) is 0 Å². The molecule has 0 aromatic heterocycles. The van der Waals surface area contributed by atoms with Gasteiger partial charge in [-0.15, -0.1) is 11.8 Å². The van der Waals surface area contributed by atoms with Crippen molar-refractivity contribution in [1.82, 2.24) is 10.2 Å². The molecule has 7 nitrogen and oxygen atoms in total. The van der Waals surface area contributed by atoms with E-state index >= 15 is 0 Å². The minimum Gasteiger partial charge on any atom is -0.480 e. The molecule has 8 heteroatoms. The van der Waals surface area contributed by atoms with E-state index in [1.807, 2.05) is 12.1 Å². The molecule has 2 aliphatic rings. The number of nitrogens with one attached hydrogen (secondary N) is 1. The maximum absolute atomic E-state index is 12.5. The van der Waals surface area contributed by atoms with E-state index in [1.165, 1.54) is 23.6 Å². The first-order valence-electron chi connectivity index (χ1n) is 7.16. The summed E-state index contributed by atoms with van der Waals surface area (Å²) in [6, 6.07) is 5.06. The van der Waals surface area contributed by atoms with E-state index in [2.05, 4.69) is 5.32 Å². The molecule has 1 aromatic rings. The fourth-order valence-electron chi connectivity index (χ4n) is 2.88. The van der Waals surface area contributed by atoms with Gasteiger partial charge in [0.05, 0.1) is 6.10 Å². The third-order valence-corrected chi connectivity index (χ3v) is 5.35. The number of carbonyl (C=O) groups excluding carboxylic acids is 2. The summed E-state index contributed by atoms with van der Waals surface area (Å²) in [6.45, 7) is 1.29. The molecule has 3 N–H and O–H groups in total. The number of hydrogen-bond donors (Lipinski definition) is 3. The second kappa shape index (κ2) is 5.86. The molecule has 2 amide bonds. The van der Waals surface area contributed by atoms with Crippen LogP contribution in [-0.4, -0.2) is 56.8 Å². The molecule has 1 fully saturated rings. The van der Waals surface area contributed by atoms with Gasteiger partial charge < -0.3 is 20.4 Å². The number of thioether (sulfide) groups is 1. The molecule has 1 saturated heterocycles. The van der Waals surface area contributed by atoms with Crippen LogP contribution in [0.15, 0.2) is 24.3 Å². The van der Waals surface area contributed by atoms with Crippen molar-refractivity contribution in [3.8, 4) is 0 Å². The Morgan fingerprint density at radius 3 is 2.74 bits per heavy atom. The molecule has 2 heterocycles. The van der Waals surface area contributed by atoms with Crippen molar-refractivity contribution in [1.29, 1.82) is 0 Å². The quantitative estimate of drug-likeness (QED) is 0.725. The van der Waals surface area contributed by atoms with E-state index in [-0.39, 0.29) is 11.3 Å². The molecule has 4 atom stereocenters. The van der Waals surface area contributed by atoms with Gasteiger partial charge in [0, 0.05) is 11.3 Å². The van der Waals surface area contributed by atoms with Crippen molar-refractivity contribution in [3.63, 3.8) is 0 Å². The number of aliphatic hydroxyl groups is 1. The summed E-state index contributed by atoms with van der Waals surface area (Å²) in [6.07, 6.45) is -1.23. The zero-order chi connectivity index (χ0) is 16.7. The third kappa shape index (κ3) is 2.57. The lowest BCUT2D eigenvalue weighted by molar-refractivity contribution is -0.145. The van der Waals surface area contributed by atoms with Crippen molar-refractivity contribution < 1.29 is 24.6 Å². The van der Waals surface area contributed by atoms with Crippen LogP contribution in [0.5, 0.6) is 0 Å². The molecule has 0 aliphatic carbocycles. The van der Waals surface area contributed by atoms with Crippen LogP contribution >= 0.6 is 11.8 Å². The Bertz CT molecular complexity index is 678. The maximum atomic E-state index is 12.5. The zero-order valence-corrected chi connectivity index (χ0v) is 13.1. The molecule has 3 rings (SSSR count). The molecule has 23 heavy (non-hydrogen) atoms. The summed E-state index contributed by atoms with van der Waals surface area (Å²) in [4.78, 5) is 37.5. The highest BCUT2D eigenvalue weighted by Gasteiger charge is 2.48. The van der Waals surface area contributed by atoms with Gasteiger partial charge in [0.25, 0.3) is 5.91 Å². The van der Waals surface area contributed by atoms with E-state index in [1.54, 1.807) is 12.1 Å². The molecule has 0 radical (unpaired) electrons. The molecule has 1 aromatic carbocycles. The van der Waals surface area contributed by atoms with Crippen LogP contribution in [0.4, 0.5) is 0 Å². The predicted octanol–water partition coefficient (Wildman–Crippen LogP) is 0.207. The highest BCUT2D eigenvalue weighted by molar-refractivity contribution is 7.99. The van der Waals surface area contributed by atoms with E-state index in [4.69, 9.17) is 5.11 Å². The summed E-state index contributed by atoms with van der Waals surface area (Å²) in [5.74, 6) is -1.70. The Balaban J connectivity index is 1.80. The Hall–Kier alpha value is -2.06. The average Bonchev–Trinajstić information content (AvgIpc) is 3.05. The van der Waals surface area contributed by atoms with Gasteiger partial charge in [0.2, 0.25) is 5.91 Å². The lowest BCUT2D eigenvalue weighted by atomic mass is 10.1. The number of carboxylic acids is 1. The minimum atomic E-state index is -1.40. The normalized spacial score (nSPS) is 24.8. The zero-order valence-electron chi connectivity index (χ0n) is 12.3. The second-order valence-electron chi connectivity index (χ2n) is 5.57. The number of carboxylic acid groups (broad SMARTS) is 1. The van der Waals surface area contributed by atoms with E-state index in [0.29, 0.717) is 11.3 Å². The van der Waals surface area contributed by atoms with Gasteiger partial charge in [-0.2, -0.15) is 0 Å². The Labute approximate surface area is 136 Å². The number of fused-ring (bicyclic) bond motifs is 3. The number of nitrogens with zero attached hydrogens (tertiary/aromatic N) is 1. The lowest BCUT2D eigenvalue weighted by Crippen LogP contribution is -2.54. The van der Waals surface area contributed by atoms with Crippen molar-refractivity contribution in [2.75, 3.05) is 5.75 Å². The first-order chi connectivity index (χ1) is 10.9. The van der Waals surface area contributed by atoms with Crippen molar-refractivity contribution in [2.45, 2.75) is 30.5 Å². The SMILES string of the molecule is C[C@H](O)[C@H](NC(=O)[C@H]1CS[C@@H]2c3ccccc3C(=O)N12)C(=O)O. The van der Waals surface area contributed by atoms with Crippen LogP contribution in [0.1, 0.15) is 28.2 Å². The molecular weight excluding hydrogens is 320 g/mol. The van der Waals surface area contributed by atoms with Gasteiger partial charge in [-0.05, 0) is 18.6 Å². The van der Waals surface area contributed by atoms with Gasteiger partial charge >= 0.3 is 5.97 Å². The lowest BCUT2D eigenvalue weighted by Gasteiger charge is -2.25. The van der Waals surface area contributed by atoms with E-state index in [0.717, 1.165) is 5.56 Å². The van der Waals surface area contributed by atoms with E-state index < -0.39 is 30.1 Å². The Morgan fingerprint density at radius 1 is 1.39 bits per heavy atom. The monoisotopic (exact) mass is 336 g/mol. The van der Waals surface area contributed by atoms with Crippen LogP contribution in [0.2, 0.25) is 0 Å². The molecular formula is C15H16N2O5S. The smallest absolute Gasteiger partial charge is 0.328 e. The van der Waals surface area contributed by atoms with Crippen molar-refractivity contribution >= 4 is 29.5 Å². The highest BCUT2D eigenvalue weighted by atomic mass is 32.2. The standard InChI is InChI=1S/C15H16N2O5S/c1-7(18)11(15(21)22)16-12(19)10-6-23-14-9-5-3-2-4-8(9)13(20)17(10)14/h2-5,7,10-11,14,18H,6H2,1H3,(H,16,19)(H,21,22)/t7-,10+,11-,14+/m0/s1. The fourth-order valence-corrected chi connectivity index (χ4v) is 4.35. The number of aliphatic hydroxyl groups excluding tert-OH is 1. The number of rotatable bonds is 4. The third-order valence-electron chi connectivity index (χ3n) is 4.04. The first-order valence-corrected chi connectivity index (χ1v) is 8.21. The average molecular weight is 336 g/mol. The van der Waals surface area contributed by atoms with Gasteiger partial charge in [-0.3, -0.25) is 9.59 Å². The number of hydrogen-bond acceptors (Lipinski definition) is 5. The largest absolute Gasteiger partial charge is 0.480 e. The number of benzene rings is 1. The summed E-state index contributed by atoms with van der Waals surface area (Å²) >= 11 is 1.47. The number of amides is 2. The number of aliphatic carboxylic acids is 1. The first kappa shape index (κ1) is 15.8. The van der Waals surface area contributed by atoms with Crippen molar-refractivity contribution in [2.24, 2.45) is 0 Å². The molecule has 122 valence electrons. The van der Waals surface area contributed by atoms with Crippen LogP contribution in [0, 0.1) is 0 Å². The summed E-state index contributed by atoms with van der Waals surface area (Å²) in [5, 5.41) is 20.6. The minimum absolute atomic E-state index is 0.218. The Kier molecular flexibility index (Phi) is 4.03. The second-order valence-corrected chi connectivity index (χ2v) is 6.68. The van der Waals surface area contributed by atoms with E-state index in [9.17, 15) is 19.5 Å². The predicted molar refractivity (Wildman–Crippen MR) is 82.8 cm³/mol. The summed E-state index contributed by atoms with van der Waals surface area (Å²) < 4.78 is 0. The van der Waals surface area contributed by atoms with Gasteiger partial charge in [0.15, 0.2) is 6.04 Å². The summed E-state index contributed by atoms with van der Waals surface area (Å²) in [7, 11) is 0. The highest BCUT2D eigenvalue weighted by Crippen LogP contribution is 2.48. The fraction of sp³-hybridized carbons (Fsp3) is 0.400. The molecule has 0 bridgehead atoms. The molecule has 0 spiro atoms. The van der Waals surface area contributed by atoms with Gasteiger partial charge in [-0.1, -0.05) is 18.2 Å². The molecule has 0 saturated carbocycles. The van der Waals surface area contributed by atoms with Gasteiger partial charge in [-0.25, -0.2) is 4.79 Å². The van der Waals surface area contributed by atoms with Crippen LogP contribution in [-0.2, 0) is 9.59 Å². The number of carbonyl (C=O) groups is 3. The summed E-state index contributed by atoms with van der Waals surface area (Å²) in [5.41, 5.74) is 1.45. The van der Waals surface area contributed by atoms with Gasteiger partial charge in [0.1, 0.15) is 11.4 Å². The van der Waals surface area contributed by atoms with Crippen molar-refractivity contribution in [3.05, 3.63) is 35.4 Å². The van der Waals surface area contributed by atoms with Crippen LogP contribution in [0.25, 0.3) is 0 Å². The molecule has 0 unspecified atom stereocenters.